The van der Waals surface area contributed by atoms with Gasteiger partial charge in [0, 0.05) is 30.7 Å². The molecule has 2 atom stereocenters. The first-order valence-corrected chi connectivity index (χ1v) is 13.1. The van der Waals surface area contributed by atoms with E-state index in [9.17, 15) is 14.0 Å². The van der Waals surface area contributed by atoms with Gasteiger partial charge in [-0.05, 0) is 61.2 Å². The van der Waals surface area contributed by atoms with E-state index in [1.165, 1.54) is 23.0 Å². The van der Waals surface area contributed by atoms with Crippen LogP contribution >= 0.6 is 0 Å². The zero-order chi connectivity index (χ0) is 27.2. The molecule has 4 aromatic rings. The zero-order valence-electron chi connectivity index (χ0n) is 22.3. The van der Waals surface area contributed by atoms with Crippen molar-refractivity contribution in [2.75, 3.05) is 6.61 Å². The summed E-state index contributed by atoms with van der Waals surface area (Å²) in [7, 11) is 0. The van der Waals surface area contributed by atoms with Gasteiger partial charge in [-0.25, -0.2) is 19.3 Å². The third kappa shape index (κ3) is 5.64. The minimum Gasteiger partial charge on any atom is -0.494 e. The van der Waals surface area contributed by atoms with E-state index in [0.29, 0.717) is 42.3 Å². The maximum absolute atomic E-state index is 14.2. The van der Waals surface area contributed by atoms with Crippen molar-refractivity contribution < 1.29 is 13.9 Å². The highest BCUT2D eigenvalue weighted by Crippen LogP contribution is 2.30. The second-order valence-electron chi connectivity index (χ2n) is 9.39. The standard InChI is InChI=1S/C30H33FN4O3/c1-5-8-21-17-20(9-14-25(21)31)18-26(36)24(6-2)19(4)29-34-28-27(32-15-16-33-28)30(37)35(29)22-10-12-23(13-11-22)38-7-3/h9-17,19,24H,5-8,18H2,1-4H3. The summed E-state index contributed by atoms with van der Waals surface area (Å²) in [6, 6.07) is 12.1. The second kappa shape index (κ2) is 12.1. The molecule has 0 aliphatic carbocycles. The lowest BCUT2D eigenvalue weighted by Gasteiger charge is -2.24. The Hall–Kier alpha value is -3.94. The Balaban J connectivity index is 1.74. The van der Waals surface area contributed by atoms with Crippen LogP contribution in [-0.4, -0.2) is 31.9 Å². The third-order valence-corrected chi connectivity index (χ3v) is 6.81. The topological polar surface area (TPSA) is 87.0 Å². The molecule has 0 spiro atoms. The SMILES string of the molecule is CCCc1cc(CC(=O)C(CC)C(C)c2nc3nccnc3c(=O)n2-c2ccc(OCC)cc2)ccc1F. The summed E-state index contributed by atoms with van der Waals surface area (Å²) in [5.74, 6) is 0.0948. The van der Waals surface area contributed by atoms with Gasteiger partial charge in [-0.3, -0.25) is 14.2 Å². The lowest BCUT2D eigenvalue weighted by Crippen LogP contribution is -2.31. The predicted octanol–water partition coefficient (Wildman–Crippen LogP) is 5.61. The van der Waals surface area contributed by atoms with Gasteiger partial charge in [-0.15, -0.1) is 0 Å². The van der Waals surface area contributed by atoms with Crippen molar-refractivity contribution in [1.29, 1.82) is 0 Å². The van der Waals surface area contributed by atoms with Crippen LogP contribution in [0.5, 0.6) is 5.75 Å². The Bertz CT molecular complexity index is 1480. The molecule has 2 aromatic carbocycles. The summed E-state index contributed by atoms with van der Waals surface area (Å²) >= 11 is 0. The van der Waals surface area contributed by atoms with Crippen LogP contribution in [0.15, 0.2) is 59.7 Å². The number of rotatable bonds is 11. The van der Waals surface area contributed by atoms with E-state index in [1.807, 2.05) is 27.7 Å². The highest BCUT2D eigenvalue weighted by molar-refractivity contribution is 5.84. The molecular formula is C30H33FN4O3. The molecule has 0 amide bonds. The maximum Gasteiger partial charge on any atom is 0.286 e. The normalized spacial score (nSPS) is 12.9. The fraction of sp³-hybridized carbons (Fsp3) is 0.367. The van der Waals surface area contributed by atoms with Gasteiger partial charge >= 0.3 is 0 Å². The Morgan fingerprint density at radius 1 is 1.05 bits per heavy atom. The smallest absolute Gasteiger partial charge is 0.286 e. The highest BCUT2D eigenvalue weighted by atomic mass is 19.1. The number of hydrogen-bond donors (Lipinski definition) is 0. The van der Waals surface area contributed by atoms with Gasteiger partial charge in [0.15, 0.2) is 11.2 Å². The van der Waals surface area contributed by atoms with Gasteiger partial charge in [-0.2, -0.15) is 0 Å². The fourth-order valence-corrected chi connectivity index (χ4v) is 4.92. The number of benzene rings is 2. The van der Waals surface area contributed by atoms with Crippen molar-refractivity contribution in [2.24, 2.45) is 5.92 Å². The van der Waals surface area contributed by atoms with Crippen LogP contribution in [0.2, 0.25) is 0 Å². The second-order valence-corrected chi connectivity index (χ2v) is 9.39. The molecule has 0 aliphatic heterocycles. The van der Waals surface area contributed by atoms with Crippen LogP contribution in [0.4, 0.5) is 4.39 Å². The number of Topliss-reactive ketones (excluding diaryl/α,β-unsaturated/α-hetero) is 1. The number of aryl methyl sites for hydroxylation is 1. The van der Waals surface area contributed by atoms with Crippen molar-refractivity contribution in [3.05, 3.63) is 88.0 Å². The van der Waals surface area contributed by atoms with Crippen molar-refractivity contribution in [1.82, 2.24) is 19.5 Å². The summed E-state index contributed by atoms with van der Waals surface area (Å²) in [5, 5.41) is 0. The average Bonchev–Trinajstić information content (AvgIpc) is 2.92. The molecule has 2 aromatic heterocycles. The molecule has 0 N–H and O–H groups in total. The summed E-state index contributed by atoms with van der Waals surface area (Å²) in [6.07, 6.45) is 5.14. The van der Waals surface area contributed by atoms with Gasteiger partial charge < -0.3 is 4.74 Å². The number of nitrogens with zero attached hydrogens (tertiary/aromatic N) is 4. The third-order valence-electron chi connectivity index (χ3n) is 6.81. The first kappa shape index (κ1) is 27.1. The van der Waals surface area contributed by atoms with Gasteiger partial charge in [0.25, 0.3) is 5.56 Å². The highest BCUT2D eigenvalue weighted by Gasteiger charge is 2.29. The Labute approximate surface area is 221 Å². The molecule has 8 heteroatoms. The van der Waals surface area contributed by atoms with E-state index in [2.05, 4.69) is 9.97 Å². The molecule has 0 bridgehead atoms. The van der Waals surface area contributed by atoms with Crippen LogP contribution in [0.1, 0.15) is 63.4 Å². The number of aromatic nitrogens is 4. The van der Waals surface area contributed by atoms with Gasteiger partial charge in [0.1, 0.15) is 23.2 Å². The van der Waals surface area contributed by atoms with E-state index in [-0.39, 0.29) is 34.7 Å². The molecule has 0 fully saturated rings. The number of carbonyl (C=O) groups excluding carboxylic acids is 1. The summed E-state index contributed by atoms with van der Waals surface area (Å²) in [4.78, 5) is 40.4. The van der Waals surface area contributed by atoms with Crippen molar-refractivity contribution in [3.63, 3.8) is 0 Å². The molecule has 0 aliphatic rings. The Morgan fingerprint density at radius 3 is 2.47 bits per heavy atom. The van der Waals surface area contributed by atoms with Crippen LogP contribution in [-0.2, 0) is 17.6 Å². The van der Waals surface area contributed by atoms with Crippen LogP contribution < -0.4 is 10.3 Å². The fourth-order valence-electron chi connectivity index (χ4n) is 4.92. The number of halogens is 1. The van der Waals surface area contributed by atoms with Crippen molar-refractivity contribution in [3.8, 4) is 11.4 Å². The van der Waals surface area contributed by atoms with Crippen molar-refractivity contribution >= 4 is 16.9 Å². The minimum atomic E-state index is -0.412. The van der Waals surface area contributed by atoms with Crippen LogP contribution in [0.3, 0.4) is 0 Å². The quantitative estimate of drug-likeness (QED) is 0.258. The summed E-state index contributed by atoms with van der Waals surface area (Å²) in [5.41, 5.74) is 2.06. The van der Waals surface area contributed by atoms with E-state index in [0.717, 1.165) is 12.0 Å². The van der Waals surface area contributed by atoms with Crippen LogP contribution in [0, 0.1) is 11.7 Å². The number of ketones is 1. The number of ether oxygens (including phenoxy) is 1. The van der Waals surface area contributed by atoms with Gasteiger partial charge in [0.05, 0.1) is 12.3 Å². The molecule has 2 unspecified atom stereocenters. The molecule has 0 saturated carbocycles. The molecule has 38 heavy (non-hydrogen) atoms. The molecule has 4 rings (SSSR count). The average molecular weight is 517 g/mol. The first-order chi connectivity index (χ1) is 18.4. The lowest BCUT2D eigenvalue weighted by molar-refractivity contribution is -0.123. The summed E-state index contributed by atoms with van der Waals surface area (Å²) in [6.45, 7) is 8.29. The lowest BCUT2D eigenvalue weighted by atomic mass is 9.84. The van der Waals surface area contributed by atoms with E-state index in [4.69, 9.17) is 9.72 Å². The van der Waals surface area contributed by atoms with Gasteiger partial charge in [0.2, 0.25) is 0 Å². The van der Waals surface area contributed by atoms with Crippen LogP contribution in [0.25, 0.3) is 16.9 Å². The van der Waals surface area contributed by atoms with Crippen molar-refractivity contribution in [2.45, 2.75) is 59.3 Å². The Kier molecular flexibility index (Phi) is 8.61. The van der Waals surface area contributed by atoms with Gasteiger partial charge in [-0.1, -0.05) is 39.3 Å². The van der Waals surface area contributed by atoms with E-state index >= 15 is 0 Å². The summed E-state index contributed by atoms with van der Waals surface area (Å²) < 4.78 is 21.2. The molecule has 2 heterocycles. The number of carbonyl (C=O) groups is 1. The predicted molar refractivity (Wildman–Crippen MR) is 145 cm³/mol. The molecule has 198 valence electrons. The largest absolute Gasteiger partial charge is 0.494 e. The minimum absolute atomic E-state index is 0.0146. The number of fused-ring (bicyclic) bond motifs is 1. The molecule has 0 radical (unpaired) electrons. The Morgan fingerprint density at radius 2 is 1.79 bits per heavy atom. The molecular weight excluding hydrogens is 483 g/mol. The number of hydrogen-bond acceptors (Lipinski definition) is 6. The van der Waals surface area contributed by atoms with E-state index in [1.54, 1.807) is 36.4 Å². The first-order valence-electron chi connectivity index (χ1n) is 13.1. The molecule has 0 saturated heterocycles. The molecule has 7 nitrogen and oxygen atoms in total. The van der Waals surface area contributed by atoms with E-state index < -0.39 is 11.8 Å². The monoisotopic (exact) mass is 516 g/mol. The maximum atomic E-state index is 14.2. The zero-order valence-corrected chi connectivity index (χ0v) is 22.3.